The number of amides is 1. The van der Waals surface area contributed by atoms with E-state index >= 15 is 0 Å². The fourth-order valence-corrected chi connectivity index (χ4v) is 3.68. The van der Waals surface area contributed by atoms with Gasteiger partial charge in [-0.2, -0.15) is 11.3 Å². The first-order chi connectivity index (χ1) is 10.7. The summed E-state index contributed by atoms with van der Waals surface area (Å²) in [6.07, 6.45) is 1.52. The first-order valence-corrected chi connectivity index (χ1v) is 8.71. The SMILES string of the molecule is Cc1cccc(CC(=O)N[C@@H]2CCN(Cc3ccsc3)C2)c1. The van der Waals surface area contributed by atoms with Crippen LogP contribution in [0.1, 0.15) is 23.1 Å². The highest BCUT2D eigenvalue weighted by Crippen LogP contribution is 2.15. The molecule has 0 saturated carbocycles. The average Bonchev–Trinajstić information content (AvgIpc) is 3.11. The minimum Gasteiger partial charge on any atom is -0.352 e. The summed E-state index contributed by atoms with van der Waals surface area (Å²) in [5.74, 6) is 0.132. The number of thiophene rings is 1. The number of nitrogens with zero attached hydrogens (tertiary/aromatic N) is 1. The van der Waals surface area contributed by atoms with E-state index in [1.165, 1.54) is 11.1 Å². The lowest BCUT2D eigenvalue weighted by atomic mass is 10.1. The number of benzene rings is 1. The molecule has 2 heterocycles. The summed E-state index contributed by atoms with van der Waals surface area (Å²) in [4.78, 5) is 14.6. The summed E-state index contributed by atoms with van der Waals surface area (Å²) in [7, 11) is 0. The van der Waals surface area contributed by atoms with Crippen LogP contribution in [0.25, 0.3) is 0 Å². The van der Waals surface area contributed by atoms with E-state index < -0.39 is 0 Å². The molecule has 1 aromatic heterocycles. The van der Waals surface area contributed by atoms with Crippen molar-refractivity contribution in [1.29, 1.82) is 0 Å². The minimum atomic E-state index is 0.132. The van der Waals surface area contributed by atoms with Gasteiger partial charge in [-0.25, -0.2) is 0 Å². The van der Waals surface area contributed by atoms with Crippen LogP contribution >= 0.6 is 11.3 Å². The quantitative estimate of drug-likeness (QED) is 0.920. The van der Waals surface area contributed by atoms with Crippen LogP contribution in [-0.2, 0) is 17.8 Å². The van der Waals surface area contributed by atoms with E-state index in [0.29, 0.717) is 6.42 Å². The highest BCUT2D eigenvalue weighted by atomic mass is 32.1. The van der Waals surface area contributed by atoms with Crippen molar-refractivity contribution in [3.63, 3.8) is 0 Å². The molecule has 0 bridgehead atoms. The first kappa shape index (κ1) is 15.3. The van der Waals surface area contributed by atoms with Crippen molar-refractivity contribution >= 4 is 17.2 Å². The maximum absolute atomic E-state index is 12.2. The van der Waals surface area contributed by atoms with E-state index in [1.54, 1.807) is 11.3 Å². The molecular formula is C18H22N2OS. The molecule has 1 fully saturated rings. The number of nitrogens with one attached hydrogen (secondary N) is 1. The minimum absolute atomic E-state index is 0.132. The lowest BCUT2D eigenvalue weighted by molar-refractivity contribution is -0.121. The predicted octanol–water partition coefficient (Wildman–Crippen LogP) is 2.99. The molecule has 0 aliphatic carbocycles. The maximum atomic E-state index is 12.2. The number of hydrogen-bond donors (Lipinski definition) is 1. The molecule has 0 radical (unpaired) electrons. The standard InChI is InChI=1S/C18H22N2OS/c1-14-3-2-4-15(9-14)10-18(21)19-17-5-7-20(12-17)11-16-6-8-22-13-16/h2-4,6,8-9,13,17H,5,7,10-12H2,1H3,(H,19,21)/t17-/m1/s1. The van der Waals surface area contributed by atoms with Crippen molar-refractivity contribution in [2.45, 2.75) is 32.4 Å². The molecule has 1 atom stereocenters. The number of likely N-dealkylation sites (tertiary alicyclic amines) is 1. The summed E-state index contributed by atoms with van der Waals surface area (Å²) >= 11 is 1.74. The summed E-state index contributed by atoms with van der Waals surface area (Å²) < 4.78 is 0. The van der Waals surface area contributed by atoms with Gasteiger partial charge in [0.05, 0.1) is 6.42 Å². The molecule has 1 aliphatic heterocycles. The van der Waals surface area contributed by atoms with Crippen LogP contribution < -0.4 is 5.32 Å². The van der Waals surface area contributed by atoms with Crippen LogP contribution in [0.15, 0.2) is 41.1 Å². The van der Waals surface area contributed by atoms with E-state index in [-0.39, 0.29) is 11.9 Å². The second kappa shape index (κ2) is 7.07. The average molecular weight is 314 g/mol. The Morgan fingerprint density at radius 1 is 1.36 bits per heavy atom. The highest BCUT2D eigenvalue weighted by Gasteiger charge is 2.23. The molecule has 3 nitrogen and oxygen atoms in total. The van der Waals surface area contributed by atoms with E-state index in [2.05, 4.69) is 46.1 Å². The van der Waals surface area contributed by atoms with Gasteiger partial charge in [0.25, 0.3) is 0 Å². The molecule has 0 spiro atoms. The van der Waals surface area contributed by atoms with Gasteiger partial charge < -0.3 is 5.32 Å². The van der Waals surface area contributed by atoms with Crippen molar-refractivity contribution in [1.82, 2.24) is 10.2 Å². The Morgan fingerprint density at radius 3 is 3.05 bits per heavy atom. The summed E-state index contributed by atoms with van der Waals surface area (Å²) in [5, 5.41) is 7.49. The van der Waals surface area contributed by atoms with Crippen molar-refractivity contribution in [3.8, 4) is 0 Å². The van der Waals surface area contributed by atoms with Gasteiger partial charge in [0.15, 0.2) is 0 Å². The van der Waals surface area contributed by atoms with Crippen molar-refractivity contribution in [2.75, 3.05) is 13.1 Å². The zero-order valence-corrected chi connectivity index (χ0v) is 13.7. The zero-order valence-electron chi connectivity index (χ0n) is 12.9. The third-order valence-electron chi connectivity index (χ3n) is 4.07. The van der Waals surface area contributed by atoms with Gasteiger partial charge in [-0.1, -0.05) is 29.8 Å². The number of rotatable bonds is 5. The van der Waals surface area contributed by atoms with Gasteiger partial charge in [-0.05, 0) is 41.3 Å². The topological polar surface area (TPSA) is 32.3 Å². The lowest BCUT2D eigenvalue weighted by Crippen LogP contribution is -2.37. The molecule has 22 heavy (non-hydrogen) atoms. The van der Waals surface area contributed by atoms with Gasteiger partial charge in [0, 0.05) is 25.7 Å². The van der Waals surface area contributed by atoms with Crippen LogP contribution in [-0.4, -0.2) is 29.9 Å². The first-order valence-electron chi connectivity index (χ1n) is 7.77. The van der Waals surface area contributed by atoms with Crippen molar-refractivity contribution in [3.05, 3.63) is 57.8 Å². The van der Waals surface area contributed by atoms with Gasteiger partial charge in [-0.15, -0.1) is 0 Å². The molecule has 2 aromatic rings. The second-order valence-corrected chi connectivity index (χ2v) is 6.87. The molecule has 1 saturated heterocycles. The fraction of sp³-hybridized carbons (Fsp3) is 0.389. The van der Waals surface area contributed by atoms with Crippen LogP contribution in [0.3, 0.4) is 0 Å². The van der Waals surface area contributed by atoms with E-state index in [1.807, 2.05) is 12.1 Å². The Labute approximate surface area is 136 Å². The van der Waals surface area contributed by atoms with Crippen LogP contribution in [0.2, 0.25) is 0 Å². The zero-order chi connectivity index (χ0) is 15.4. The van der Waals surface area contributed by atoms with Crippen molar-refractivity contribution < 1.29 is 4.79 Å². The highest BCUT2D eigenvalue weighted by molar-refractivity contribution is 7.07. The Kier molecular flexibility index (Phi) is 4.90. The van der Waals surface area contributed by atoms with Gasteiger partial charge in [-0.3, -0.25) is 9.69 Å². The molecule has 1 amide bonds. The molecule has 3 rings (SSSR count). The third kappa shape index (κ3) is 4.18. The fourth-order valence-electron chi connectivity index (χ4n) is 3.02. The number of carbonyl (C=O) groups excluding carboxylic acids is 1. The molecule has 1 aromatic carbocycles. The van der Waals surface area contributed by atoms with E-state index in [4.69, 9.17) is 0 Å². The molecular weight excluding hydrogens is 292 g/mol. The summed E-state index contributed by atoms with van der Waals surface area (Å²) in [6, 6.07) is 10.6. The molecule has 4 heteroatoms. The number of carbonyl (C=O) groups is 1. The van der Waals surface area contributed by atoms with E-state index in [9.17, 15) is 4.79 Å². The summed E-state index contributed by atoms with van der Waals surface area (Å²) in [5.41, 5.74) is 3.66. The van der Waals surface area contributed by atoms with Gasteiger partial charge in [0.2, 0.25) is 5.91 Å². The molecule has 116 valence electrons. The Bertz CT molecular complexity index is 624. The largest absolute Gasteiger partial charge is 0.352 e. The van der Waals surface area contributed by atoms with Crippen LogP contribution in [0.4, 0.5) is 0 Å². The third-order valence-corrected chi connectivity index (χ3v) is 4.80. The van der Waals surface area contributed by atoms with E-state index in [0.717, 1.165) is 31.6 Å². The Morgan fingerprint density at radius 2 is 2.27 bits per heavy atom. The van der Waals surface area contributed by atoms with Gasteiger partial charge >= 0.3 is 0 Å². The van der Waals surface area contributed by atoms with Crippen LogP contribution in [0.5, 0.6) is 0 Å². The maximum Gasteiger partial charge on any atom is 0.224 e. The normalized spacial score (nSPS) is 18.5. The smallest absolute Gasteiger partial charge is 0.224 e. The second-order valence-electron chi connectivity index (χ2n) is 6.09. The lowest BCUT2D eigenvalue weighted by Gasteiger charge is -2.16. The monoisotopic (exact) mass is 314 g/mol. The van der Waals surface area contributed by atoms with Crippen molar-refractivity contribution in [2.24, 2.45) is 0 Å². The molecule has 0 unspecified atom stereocenters. The predicted molar refractivity (Wildman–Crippen MR) is 91.0 cm³/mol. The van der Waals surface area contributed by atoms with Crippen LogP contribution in [0, 0.1) is 6.92 Å². The molecule has 1 aliphatic rings. The Hall–Kier alpha value is -1.65. The number of hydrogen-bond acceptors (Lipinski definition) is 3. The van der Waals surface area contributed by atoms with Gasteiger partial charge in [0.1, 0.15) is 0 Å². The summed E-state index contributed by atoms with van der Waals surface area (Å²) in [6.45, 7) is 5.06. The molecule has 1 N–H and O–H groups in total. The number of aryl methyl sites for hydroxylation is 1. The Balaban J connectivity index is 1.46.